The van der Waals surface area contributed by atoms with Gasteiger partial charge in [-0.15, -0.1) is 20.4 Å². The highest BCUT2D eigenvalue weighted by Gasteiger charge is 2.28. The molecule has 3 aliphatic heterocycles. The lowest BCUT2D eigenvalue weighted by atomic mass is 10.0. The number of aromatic carboxylic acids is 5. The van der Waals surface area contributed by atoms with Gasteiger partial charge in [-0.05, 0) is 165 Å². The minimum atomic E-state index is -1.04. The number of hydrogen-bond acceptors (Lipinski definition) is 21. The van der Waals surface area contributed by atoms with Crippen molar-refractivity contribution in [2.45, 2.75) is 77.0 Å². The summed E-state index contributed by atoms with van der Waals surface area (Å²) in [5, 5.41) is 76.5. The summed E-state index contributed by atoms with van der Waals surface area (Å²) in [5.41, 5.74) is 15.5. The summed E-state index contributed by atoms with van der Waals surface area (Å²) in [6.07, 6.45) is 19.8. The average Bonchev–Trinajstić information content (AvgIpc) is 1.65. The van der Waals surface area contributed by atoms with Crippen molar-refractivity contribution in [2.75, 3.05) is 84.5 Å². The molecule has 3 aliphatic rings. The van der Waals surface area contributed by atoms with E-state index in [0.717, 1.165) is 172 Å². The van der Waals surface area contributed by atoms with Gasteiger partial charge < -0.3 is 45.1 Å². The van der Waals surface area contributed by atoms with E-state index in [4.69, 9.17) is 83.5 Å². The van der Waals surface area contributed by atoms with Crippen LogP contribution in [-0.4, -0.2) is 193 Å². The third-order valence-corrected chi connectivity index (χ3v) is 24.1. The molecule has 0 unspecified atom stereocenters. The maximum atomic E-state index is 11.3. The standard InChI is InChI=1S/C20H21ClN4O2.C19H19ClN4O2.C18H17ClN4O2S.C18H12ClN3O2S.C16H15ClN4O2/c21-14-8-9-18-16(12-15-6-5-7-17(22-15)20(26)27)19(23-25(18)13-14)24-10-3-1-2-4-11-24;20-13-7-8-17-15(11-14-5-4-6-16(21-14)19(25)26)18(22-24(17)12-13)23-9-2-1-3-10-23;19-12-4-5-16-14(10-13-2-1-3-15(20-13)18(24)25)17(21-23(16)11-12)22-6-8-26-9-7-22;19-12-4-5-16-14(8-13-2-1-3-15(20-13)18(23)24)17(21-22(16)9-12)11-6-7-25-10-11;1-20(2)15-12(14-7-6-10(17)9-21(14)19-15)8-11-4-3-5-13(18-11)16(22)23/h5-9,13H,1-4,10-12H2,(H,26,27);4-8,12H,1-3,9-11H2,(H,25,26);1-5,11H,6-10H2,(H,24,25);1-7,9-10H,8H2,(H,23,24);3-7,9H,8H2,1-2H3,(H,22,23). The highest BCUT2D eigenvalue weighted by atomic mass is 35.5. The summed E-state index contributed by atoms with van der Waals surface area (Å²) in [6.45, 7) is 5.80. The Morgan fingerprint density at radius 1 is 0.339 bits per heavy atom. The first-order valence-corrected chi connectivity index (χ1v) is 44.7. The molecule has 0 atom stereocenters. The van der Waals surface area contributed by atoms with Gasteiger partial charge >= 0.3 is 29.8 Å². The number of rotatable bonds is 20. The summed E-state index contributed by atoms with van der Waals surface area (Å²) in [5.74, 6) is 0.624. The van der Waals surface area contributed by atoms with Crippen molar-refractivity contribution in [3.8, 4) is 11.3 Å². The number of hydrogen-bond donors (Lipinski definition) is 5. The average molecular weight is 1850 g/mol. The molecule has 19 heterocycles. The number of nitrogens with zero attached hydrogens (tertiary/aromatic N) is 19. The summed E-state index contributed by atoms with van der Waals surface area (Å²) >= 11 is 34.1. The molecule has 0 spiro atoms. The topological polar surface area (TPSA) is 350 Å². The zero-order chi connectivity index (χ0) is 88.9. The fourth-order valence-electron chi connectivity index (χ4n) is 15.5. The number of carboxylic acids is 5. The molecule has 5 N–H and O–H groups in total. The molecule has 0 bridgehead atoms. The molecule has 0 saturated carbocycles. The molecule has 0 radical (unpaired) electrons. The molecule has 0 amide bonds. The fourth-order valence-corrected chi connectivity index (χ4v) is 17.8. The Hall–Kier alpha value is -12.8. The van der Waals surface area contributed by atoms with Crippen molar-refractivity contribution in [1.82, 2.24) is 73.0 Å². The van der Waals surface area contributed by atoms with Crippen LogP contribution in [-0.2, 0) is 32.1 Å². The maximum Gasteiger partial charge on any atom is 0.354 e. The number of halogens is 5. The number of pyridine rings is 10. The Labute approximate surface area is 761 Å². The molecule has 29 nitrogen and oxygen atoms in total. The van der Waals surface area contributed by atoms with Crippen molar-refractivity contribution in [1.29, 1.82) is 0 Å². The first kappa shape index (κ1) is 89.1. The number of carboxylic acid groups (broad SMARTS) is 5. The highest BCUT2D eigenvalue weighted by Crippen LogP contribution is 2.36. The van der Waals surface area contributed by atoms with E-state index in [1.807, 2.05) is 154 Å². The minimum absolute atomic E-state index is 0.0356. The summed E-state index contributed by atoms with van der Waals surface area (Å²) in [4.78, 5) is 86.0. The maximum absolute atomic E-state index is 11.3. The van der Waals surface area contributed by atoms with Gasteiger partial charge in [-0.2, -0.15) is 28.2 Å². The van der Waals surface area contributed by atoms with Crippen LogP contribution in [0.5, 0.6) is 0 Å². The number of aromatic nitrogens is 15. The molecular weight excluding hydrogens is 1760 g/mol. The van der Waals surface area contributed by atoms with Gasteiger partial charge in [-0.25, -0.2) is 71.5 Å². The van der Waals surface area contributed by atoms with Crippen LogP contribution in [0.3, 0.4) is 0 Å². The van der Waals surface area contributed by atoms with Gasteiger partial charge in [0.2, 0.25) is 0 Å². The molecule has 3 fully saturated rings. The summed E-state index contributed by atoms with van der Waals surface area (Å²) in [6, 6.07) is 46.2. The first-order chi connectivity index (χ1) is 61.4. The lowest BCUT2D eigenvalue weighted by Crippen LogP contribution is -2.33. The molecule has 650 valence electrons. The molecule has 0 aromatic carbocycles. The van der Waals surface area contributed by atoms with E-state index < -0.39 is 29.8 Å². The van der Waals surface area contributed by atoms with Gasteiger partial charge in [-0.1, -0.05) is 101 Å². The van der Waals surface area contributed by atoms with Gasteiger partial charge in [0.05, 0.1) is 58.4 Å². The molecule has 16 aromatic heterocycles. The van der Waals surface area contributed by atoms with Crippen LogP contribution in [0.1, 0.15) is 154 Å². The van der Waals surface area contributed by atoms with Gasteiger partial charge in [0, 0.05) is 195 Å². The van der Waals surface area contributed by atoms with E-state index in [2.05, 4.69) is 49.8 Å². The normalized spacial score (nSPS) is 13.4. The SMILES string of the molecule is CN(C)c1nn2cc(Cl)ccc2c1Cc1cccc(C(=O)O)n1.O=C(O)c1cccc(Cc2c(-c3ccsc3)nn3cc(Cl)ccc23)n1.O=C(O)c1cccc(Cc2c(N3CCCCC3)nn3cc(Cl)ccc23)n1.O=C(O)c1cccc(Cc2c(N3CCCCCC3)nn3cc(Cl)ccc23)n1.O=C(O)c1cccc(Cc2c(N3CCSCC3)nn3cc(Cl)ccc23)n1. The lowest BCUT2D eigenvalue weighted by molar-refractivity contribution is 0.0679. The van der Waals surface area contributed by atoms with E-state index >= 15 is 0 Å². The fraction of sp³-hybridized carbons (Fsp3) is 0.242. The number of fused-ring (bicyclic) bond motifs is 5. The van der Waals surface area contributed by atoms with E-state index in [1.165, 1.54) is 49.6 Å². The van der Waals surface area contributed by atoms with E-state index in [-0.39, 0.29) is 28.5 Å². The number of piperidine rings is 1. The molecule has 19 rings (SSSR count). The van der Waals surface area contributed by atoms with Crippen molar-refractivity contribution in [3.05, 3.63) is 309 Å². The Balaban J connectivity index is 0.000000122. The summed E-state index contributed by atoms with van der Waals surface area (Å²) < 4.78 is 8.91. The van der Waals surface area contributed by atoms with Crippen molar-refractivity contribution in [3.63, 3.8) is 0 Å². The summed E-state index contributed by atoms with van der Waals surface area (Å²) in [7, 11) is 3.82. The van der Waals surface area contributed by atoms with Gasteiger partial charge in [0.25, 0.3) is 0 Å². The monoisotopic (exact) mass is 1840 g/mol. The van der Waals surface area contributed by atoms with Crippen LogP contribution < -0.4 is 19.6 Å². The smallest absolute Gasteiger partial charge is 0.354 e. The predicted molar refractivity (Wildman–Crippen MR) is 495 cm³/mol. The van der Waals surface area contributed by atoms with Crippen LogP contribution >= 0.6 is 81.1 Å². The number of anilines is 4. The Morgan fingerprint density at radius 2 is 0.622 bits per heavy atom. The van der Waals surface area contributed by atoms with E-state index in [0.29, 0.717) is 80.0 Å². The molecule has 3 saturated heterocycles. The number of thioether (sulfide) groups is 1. The van der Waals surface area contributed by atoms with Crippen LogP contribution in [0.2, 0.25) is 25.1 Å². The lowest BCUT2D eigenvalue weighted by Gasteiger charge is -2.27. The van der Waals surface area contributed by atoms with Crippen molar-refractivity contribution >= 4 is 162 Å². The second-order valence-electron chi connectivity index (χ2n) is 30.4. The van der Waals surface area contributed by atoms with Gasteiger partial charge in [0.15, 0.2) is 23.3 Å². The molecule has 0 aliphatic carbocycles. The number of carbonyl (C=O) groups is 5. The van der Waals surface area contributed by atoms with E-state index in [9.17, 15) is 39.3 Å². The number of thiophene rings is 1. The Bertz CT molecular complexity index is 6560. The van der Waals surface area contributed by atoms with Crippen molar-refractivity contribution in [2.24, 2.45) is 0 Å². The van der Waals surface area contributed by atoms with Crippen LogP contribution in [0.15, 0.2) is 199 Å². The van der Waals surface area contributed by atoms with Crippen LogP contribution in [0.25, 0.3) is 38.8 Å². The Morgan fingerprint density at radius 3 is 0.937 bits per heavy atom. The zero-order valence-corrected chi connectivity index (χ0v) is 74.1. The second-order valence-corrected chi connectivity index (χ2v) is 34.5. The van der Waals surface area contributed by atoms with E-state index in [1.54, 1.807) is 80.0 Å². The first-order valence-electron chi connectivity index (χ1n) is 40.7. The minimum Gasteiger partial charge on any atom is -0.477 e. The third kappa shape index (κ3) is 21.7. The van der Waals surface area contributed by atoms with Gasteiger partial charge in [0.1, 0.15) is 28.5 Å². The zero-order valence-electron chi connectivity index (χ0n) is 68.7. The Kier molecular flexibility index (Phi) is 28.5. The van der Waals surface area contributed by atoms with Crippen molar-refractivity contribution < 1.29 is 49.5 Å². The molecule has 16 aromatic rings. The third-order valence-electron chi connectivity index (χ3n) is 21.4. The molecule has 36 heteroatoms. The molecular formula is C91H84Cl5N19O10S2. The van der Waals surface area contributed by atoms with Crippen LogP contribution in [0.4, 0.5) is 23.3 Å². The predicted octanol–water partition coefficient (Wildman–Crippen LogP) is 18.1. The largest absolute Gasteiger partial charge is 0.477 e. The van der Waals surface area contributed by atoms with Gasteiger partial charge in [-0.3, -0.25) is 0 Å². The quantitative estimate of drug-likeness (QED) is 0.0473. The molecule has 127 heavy (non-hydrogen) atoms. The van der Waals surface area contributed by atoms with Crippen LogP contribution in [0, 0.1) is 0 Å². The highest BCUT2D eigenvalue weighted by molar-refractivity contribution is 7.99. The second kappa shape index (κ2) is 40.7.